The molecule has 5 rings (SSSR count). The zero-order chi connectivity index (χ0) is 21.7. The van der Waals surface area contributed by atoms with Crippen LogP contribution >= 0.6 is 0 Å². The maximum absolute atomic E-state index is 13.3. The van der Waals surface area contributed by atoms with E-state index in [0.29, 0.717) is 17.6 Å². The molecule has 1 N–H and O–H groups in total. The van der Waals surface area contributed by atoms with Crippen molar-refractivity contribution in [3.63, 3.8) is 0 Å². The standard InChI is InChI=1S/C25H19F2NO3/c1-13-10-16-11-15(25(26)27)2-3-17(16)23(19(13)12-21(29)30)18-4-5-20-22-14(7-9-31-20)6-8-28-24(18)22/h2-6,8,10-11,25H,7,9,12H2,1H3,(H,29,30). The molecule has 0 bridgehead atoms. The van der Waals surface area contributed by atoms with Crippen LogP contribution in [-0.2, 0) is 17.6 Å². The lowest BCUT2D eigenvalue weighted by Gasteiger charge is -2.22. The number of hydrogen-bond acceptors (Lipinski definition) is 3. The molecule has 1 aliphatic heterocycles. The van der Waals surface area contributed by atoms with E-state index in [1.54, 1.807) is 18.3 Å². The van der Waals surface area contributed by atoms with Gasteiger partial charge in [-0.1, -0.05) is 18.2 Å². The van der Waals surface area contributed by atoms with Gasteiger partial charge in [0.25, 0.3) is 6.43 Å². The van der Waals surface area contributed by atoms with Crippen LogP contribution in [0.3, 0.4) is 0 Å². The Hall–Kier alpha value is -3.54. The molecule has 0 aliphatic carbocycles. The third-order valence-electron chi connectivity index (χ3n) is 5.91. The quantitative estimate of drug-likeness (QED) is 0.450. The fraction of sp³-hybridized carbons (Fsp3) is 0.200. The topological polar surface area (TPSA) is 59.4 Å². The van der Waals surface area contributed by atoms with Gasteiger partial charge in [-0.05, 0) is 64.2 Å². The van der Waals surface area contributed by atoms with Gasteiger partial charge < -0.3 is 9.84 Å². The van der Waals surface area contributed by atoms with Gasteiger partial charge >= 0.3 is 5.97 Å². The summed E-state index contributed by atoms with van der Waals surface area (Å²) < 4.78 is 32.4. The minimum Gasteiger partial charge on any atom is -0.493 e. The van der Waals surface area contributed by atoms with Gasteiger partial charge in [-0.3, -0.25) is 9.78 Å². The molecule has 0 atom stereocenters. The predicted molar refractivity (Wildman–Crippen MR) is 115 cm³/mol. The number of nitrogens with zero attached hydrogens (tertiary/aromatic N) is 1. The predicted octanol–water partition coefficient (Wildman–Crippen LogP) is 5.86. The van der Waals surface area contributed by atoms with Crippen molar-refractivity contribution in [1.29, 1.82) is 0 Å². The number of ether oxygens (including phenoxy) is 1. The van der Waals surface area contributed by atoms with Crippen molar-refractivity contribution in [3.8, 4) is 16.9 Å². The number of hydrogen-bond donors (Lipinski definition) is 1. The minimum atomic E-state index is -2.58. The second-order valence-electron chi connectivity index (χ2n) is 7.80. The van der Waals surface area contributed by atoms with Crippen molar-refractivity contribution in [3.05, 3.63) is 70.9 Å². The monoisotopic (exact) mass is 419 g/mol. The van der Waals surface area contributed by atoms with Crippen molar-refractivity contribution in [2.75, 3.05) is 6.61 Å². The summed E-state index contributed by atoms with van der Waals surface area (Å²) in [6, 6.07) is 12.1. The van der Waals surface area contributed by atoms with Gasteiger partial charge in [0.1, 0.15) is 5.75 Å². The molecule has 0 unspecified atom stereocenters. The first-order valence-electron chi connectivity index (χ1n) is 10.0. The molecular weight excluding hydrogens is 400 g/mol. The Balaban J connectivity index is 1.89. The highest BCUT2D eigenvalue weighted by atomic mass is 19.3. The van der Waals surface area contributed by atoms with Gasteiger partial charge in [-0.2, -0.15) is 0 Å². The summed E-state index contributed by atoms with van der Waals surface area (Å²) in [5.41, 5.74) is 4.70. The van der Waals surface area contributed by atoms with Crippen LogP contribution in [0.15, 0.2) is 48.7 Å². The van der Waals surface area contributed by atoms with Crippen LogP contribution in [-0.4, -0.2) is 22.7 Å². The molecule has 0 amide bonds. The number of carboxylic acids is 1. The van der Waals surface area contributed by atoms with E-state index in [0.717, 1.165) is 50.7 Å². The fourth-order valence-electron chi connectivity index (χ4n) is 4.53. The Kier molecular flexibility index (Phi) is 4.58. The molecule has 0 saturated carbocycles. The zero-order valence-electron chi connectivity index (χ0n) is 16.8. The molecule has 1 aliphatic rings. The fourth-order valence-corrected chi connectivity index (χ4v) is 4.53. The molecule has 4 nitrogen and oxygen atoms in total. The molecule has 31 heavy (non-hydrogen) atoms. The van der Waals surface area contributed by atoms with Gasteiger partial charge in [0.05, 0.1) is 18.5 Å². The first kappa shape index (κ1) is 19.4. The van der Waals surface area contributed by atoms with Crippen LogP contribution in [0.4, 0.5) is 8.78 Å². The van der Waals surface area contributed by atoms with Gasteiger partial charge in [0, 0.05) is 29.1 Å². The molecule has 2 heterocycles. The largest absolute Gasteiger partial charge is 0.493 e. The second-order valence-corrected chi connectivity index (χ2v) is 7.80. The maximum Gasteiger partial charge on any atom is 0.307 e. The lowest BCUT2D eigenvalue weighted by atomic mass is 9.86. The summed E-state index contributed by atoms with van der Waals surface area (Å²) in [5, 5.41) is 11.9. The molecule has 6 heteroatoms. The number of aryl methyl sites for hydroxylation is 1. The molecule has 4 aromatic rings. The number of halogens is 2. The normalized spacial score (nSPS) is 13.0. The Morgan fingerprint density at radius 3 is 2.81 bits per heavy atom. The Bertz CT molecular complexity index is 1350. The number of carbonyl (C=O) groups is 1. The molecule has 156 valence electrons. The third-order valence-corrected chi connectivity index (χ3v) is 5.91. The lowest BCUT2D eigenvalue weighted by Crippen LogP contribution is -2.10. The number of rotatable bonds is 4. The van der Waals surface area contributed by atoms with Crippen LogP contribution in [0, 0.1) is 6.92 Å². The van der Waals surface area contributed by atoms with E-state index in [-0.39, 0.29) is 12.0 Å². The molecule has 0 spiro atoms. The van der Waals surface area contributed by atoms with E-state index in [4.69, 9.17) is 4.74 Å². The highest BCUT2D eigenvalue weighted by Gasteiger charge is 2.22. The summed E-state index contributed by atoms with van der Waals surface area (Å²) in [7, 11) is 0. The van der Waals surface area contributed by atoms with Gasteiger partial charge in [0.15, 0.2) is 0 Å². The smallest absolute Gasteiger partial charge is 0.307 e. The summed E-state index contributed by atoms with van der Waals surface area (Å²) in [4.78, 5) is 16.3. The summed E-state index contributed by atoms with van der Waals surface area (Å²) >= 11 is 0. The zero-order valence-corrected chi connectivity index (χ0v) is 16.8. The minimum absolute atomic E-state index is 0.0627. The van der Waals surface area contributed by atoms with Gasteiger partial charge in [-0.25, -0.2) is 8.78 Å². The van der Waals surface area contributed by atoms with Crippen LogP contribution in [0.1, 0.15) is 28.7 Å². The molecule has 0 fully saturated rings. The molecule has 0 saturated heterocycles. The molecular formula is C25H19F2NO3. The van der Waals surface area contributed by atoms with Crippen LogP contribution in [0.2, 0.25) is 0 Å². The van der Waals surface area contributed by atoms with Crippen molar-refractivity contribution in [2.45, 2.75) is 26.2 Å². The second kappa shape index (κ2) is 7.30. The summed E-state index contributed by atoms with van der Waals surface area (Å²) in [6.07, 6.45) is -0.233. The number of benzene rings is 3. The number of fused-ring (bicyclic) bond motifs is 1. The first-order chi connectivity index (χ1) is 14.9. The Morgan fingerprint density at radius 2 is 2.03 bits per heavy atom. The van der Waals surface area contributed by atoms with Gasteiger partial charge in [0.2, 0.25) is 0 Å². The summed E-state index contributed by atoms with van der Waals surface area (Å²) in [5.74, 6) is -0.197. The van der Waals surface area contributed by atoms with Crippen LogP contribution < -0.4 is 4.74 Å². The van der Waals surface area contributed by atoms with Crippen molar-refractivity contribution in [1.82, 2.24) is 4.98 Å². The van der Waals surface area contributed by atoms with E-state index in [1.165, 1.54) is 12.1 Å². The number of pyridine rings is 1. The van der Waals surface area contributed by atoms with Crippen LogP contribution in [0.25, 0.3) is 32.8 Å². The van der Waals surface area contributed by atoms with E-state index in [1.807, 2.05) is 25.1 Å². The first-order valence-corrected chi connectivity index (χ1v) is 10.0. The van der Waals surface area contributed by atoms with E-state index in [9.17, 15) is 18.7 Å². The average Bonchev–Trinajstić information content (AvgIpc) is 2.75. The van der Waals surface area contributed by atoms with Crippen LogP contribution in [0.5, 0.6) is 5.75 Å². The number of aromatic nitrogens is 1. The number of carboxylic acid groups (broad SMARTS) is 1. The Labute approximate surface area is 177 Å². The highest BCUT2D eigenvalue weighted by molar-refractivity contribution is 6.08. The third kappa shape index (κ3) is 3.19. The molecule has 0 radical (unpaired) electrons. The van der Waals surface area contributed by atoms with Crippen molar-refractivity contribution < 1.29 is 23.4 Å². The van der Waals surface area contributed by atoms with Crippen molar-refractivity contribution in [2.24, 2.45) is 0 Å². The molecule has 1 aromatic heterocycles. The maximum atomic E-state index is 13.3. The number of aliphatic carboxylic acids is 1. The van der Waals surface area contributed by atoms with Gasteiger partial charge in [-0.15, -0.1) is 0 Å². The van der Waals surface area contributed by atoms with E-state index in [2.05, 4.69) is 4.98 Å². The van der Waals surface area contributed by atoms with E-state index < -0.39 is 12.4 Å². The average molecular weight is 419 g/mol. The lowest BCUT2D eigenvalue weighted by molar-refractivity contribution is -0.136. The SMILES string of the molecule is Cc1cc2cc(C(F)F)ccc2c(-c2ccc3c4c(ccnc24)CCO3)c1CC(=O)O. The van der Waals surface area contributed by atoms with Crippen molar-refractivity contribution >= 4 is 27.6 Å². The highest BCUT2D eigenvalue weighted by Crippen LogP contribution is 2.42. The van der Waals surface area contributed by atoms with E-state index >= 15 is 0 Å². The summed E-state index contributed by atoms with van der Waals surface area (Å²) in [6.45, 7) is 2.41. The molecule has 3 aromatic carbocycles. The number of alkyl halides is 2. The Morgan fingerprint density at radius 1 is 1.19 bits per heavy atom.